The smallest absolute Gasteiger partial charge is 0.326 e. The van der Waals surface area contributed by atoms with Gasteiger partial charge < -0.3 is 16.2 Å². The van der Waals surface area contributed by atoms with Crippen molar-refractivity contribution < 1.29 is 14.7 Å². The summed E-state index contributed by atoms with van der Waals surface area (Å²) < 4.78 is 0. The van der Waals surface area contributed by atoms with Crippen molar-refractivity contribution in [2.75, 3.05) is 0 Å². The summed E-state index contributed by atoms with van der Waals surface area (Å²) in [4.78, 5) is 21.3. The van der Waals surface area contributed by atoms with Gasteiger partial charge in [-0.2, -0.15) is 0 Å². The Morgan fingerprint density at radius 2 is 1.93 bits per heavy atom. The number of hydrogen-bond acceptors (Lipinski definition) is 2. The quantitative estimate of drug-likeness (QED) is 0.666. The fraction of sp³-hybridized carbons (Fsp3) is 0.200. The van der Waals surface area contributed by atoms with Gasteiger partial charge in [-0.1, -0.05) is 30.3 Å². The van der Waals surface area contributed by atoms with Crippen molar-refractivity contribution in [3.05, 3.63) is 35.9 Å². The molecule has 0 aliphatic heterocycles. The Bertz CT molecular complexity index is 351. The van der Waals surface area contributed by atoms with Crippen LogP contribution in [0.2, 0.25) is 0 Å². The third kappa shape index (κ3) is 3.68. The van der Waals surface area contributed by atoms with Crippen LogP contribution in [0.4, 0.5) is 4.79 Å². The van der Waals surface area contributed by atoms with Crippen molar-refractivity contribution in [1.82, 2.24) is 5.32 Å². The van der Waals surface area contributed by atoms with Gasteiger partial charge >= 0.3 is 12.0 Å². The van der Waals surface area contributed by atoms with Crippen molar-refractivity contribution in [2.24, 2.45) is 5.73 Å². The van der Waals surface area contributed by atoms with E-state index in [2.05, 4.69) is 5.32 Å². The second-order valence-electron chi connectivity index (χ2n) is 3.09. The van der Waals surface area contributed by atoms with Crippen molar-refractivity contribution in [3.63, 3.8) is 0 Å². The number of benzene rings is 1. The van der Waals surface area contributed by atoms with Gasteiger partial charge in [0.2, 0.25) is 0 Å². The number of amides is 2. The number of urea groups is 1. The standard InChI is InChI=1S/C10H12N2O3/c11-10(15)12-8(9(13)14)6-7-4-2-1-3-5-7/h1-5,8H,6H2,(H,13,14)(H3,11,12,15)/t8-/m1/s1. The molecule has 0 heterocycles. The van der Waals surface area contributed by atoms with Crippen LogP contribution in [0.5, 0.6) is 0 Å². The molecule has 1 atom stereocenters. The molecule has 0 saturated heterocycles. The highest BCUT2D eigenvalue weighted by Gasteiger charge is 2.18. The topological polar surface area (TPSA) is 92.4 Å². The summed E-state index contributed by atoms with van der Waals surface area (Å²) >= 11 is 0. The maximum atomic E-state index is 10.8. The number of hydrogen-bond donors (Lipinski definition) is 3. The molecule has 5 nitrogen and oxygen atoms in total. The van der Waals surface area contributed by atoms with Crippen LogP contribution in [0.1, 0.15) is 5.56 Å². The van der Waals surface area contributed by atoms with Crippen LogP contribution < -0.4 is 11.1 Å². The lowest BCUT2D eigenvalue weighted by Gasteiger charge is -2.12. The second kappa shape index (κ2) is 4.99. The highest BCUT2D eigenvalue weighted by Crippen LogP contribution is 2.03. The van der Waals surface area contributed by atoms with Crippen LogP contribution in [-0.4, -0.2) is 23.1 Å². The summed E-state index contributed by atoms with van der Waals surface area (Å²) in [7, 11) is 0. The first-order valence-electron chi connectivity index (χ1n) is 4.42. The summed E-state index contributed by atoms with van der Waals surface area (Å²) in [5, 5.41) is 11.0. The summed E-state index contributed by atoms with van der Waals surface area (Å²) in [5.41, 5.74) is 5.70. The van der Waals surface area contributed by atoms with E-state index in [4.69, 9.17) is 10.8 Å². The largest absolute Gasteiger partial charge is 0.480 e. The molecule has 0 aliphatic rings. The van der Waals surface area contributed by atoms with Gasteiger partial charge in [-0.05, 0) is 5.56 Å². The molecule has 0 bridgehead atoms. The molecule has 0 aliphatic carbocycles. The fourth-order valence-electron chi connectivity index (χ4n) is 1.22. The molecule has 4 N–H and O–H groups in total. The average Bonchev–Trinajstić information content (AvgIpc) is 2.17. The minimum atomic E-state index is -1.10. The van der Waals surface area contributed by atoms with Gasteiger partial charge in [-0.15, -0.1) is 0 Å². The lowest BCUT2D eigenvalue weighted by molar-refractivity contribution is -0.139. The molecular weight excluding hydrogens is 196 g/mol. The fourth-order valence-corrected chi connectivity index (χ4v) is 1.22. The number of primary amides is 1. The van der Waals surface area contributed by atoms with Gasteiger partial charge in [0.1, 0.15) is 6.04 Å². The Hall–Kier alpha value is -2.04. The van der Waals surface area contributed by atoms with E-state index >= 15 is 0 Å². The van der Waals surface area contributed by atoms with E-state index in [9.17, 15) is 9.59 Å². The van der Waals surface area contributed by atoms with E-state index in [0.717, 1.165) is 5.56 Å². The molecule has 15 heavy (non-hydrogen) atoms. The molecule has 2 amide bonds. The highest BCUT2D eigenvalue weighted by atomic mass is 16.4. The van der Waals surface area contributed by atoms with Gasteiger partial charge in [0.05, 0.1) is 0 Å². The number of carbonyl (C=O) groups is 2. The lowest BCUT2D eigenvalue weighted by atomic mass is 10.1. The molecule has 5 heteroatoms. The molecule has 0 radical (unpaired) electrons. The van der Waals surface area contributed by atoms with Gasteiger partial charge in [-0.25, -0.2) is 9.59 Å². The van der Waals surface area contributed by atoms with E-state index in [1.54, 1.807) is 24.3 Å². The number of nitrogens with two attached hydrogens (primary N) is 1. The Kier molecular flexibility index (Phi) is 3.68. The predicted octanol–water partition coefficient (Wildman–Crippen LogP) is 0.351. The monoisotopic (exact) mass is 208 g/mol. The van der Waals surface area contributed by atoms with Crippen LogP contribution in [0.25, 0.3) is 0 Å². The van der Waals surface area contributed by atoms with Crippen LogP contribution in [0.3, 0.4) is 0 Å². The molecule has 1 aromatic carbocycles. The Labute approximate surface area is 86.9 Å². The van der Waals surface area contributed by atoms with Crippen LogP contribution in [0, 0.1) is 0 Å². The first-order chi connectivity index (χ1) is 7.09. The van der Waals surface area contributed by atoms with E-state index in [0.29, 0.717) is 0 Å². The maximum absolute atomic E-state index is 10.8. The Morgan fingerprint density at radius 3 is 2.40 bits per heavy atom. The van der Waals surface area contributed by atoms with Crippen LogP contribution in [0.15, 0.2) is 30.3 Å². The van der Waals surface area contributed by atoms with Crippen molar-refractivity contribution >= 4 is 12.0 Å². The zero-order chi connectivity index (χ0) is 11.3. The molecule has 0 spiro atoms. The van der Waals surface area contributed by atoms with Gasteiger partial charge in [-0.3, -0.25) is 0 Å². The third-order valence-corrected chi connectivity index (χ3v) is 1.90. The zero-order valence-corrected chi connectivity index (χ0v) is 8.01. The lowest BCUT2D eigenvalue weighted by Crippen LogP contribution is -2.44. The first-order valence-corrected chi connectivity index (χ1v) is 4.42. The predicted molar refractivity (Wildman–Crippen MR) is 54.3 cm³/mol. The summed E-state index contributed by atoms with van der Waals surface area (Å²) in [6.45, 7) is 0. The second-order valence-corrected chi connectivity index (χ2v) is 3.09. The van der Waals surface area contributed by atoms with Crippen LogP contribution >= 0.6 is 0 Å². The zero-order valence-electron chi connectivity index (χ0n) is 8.01. The van der Waals surface area contributed by atoms with Gasteiger partial charge in [0, 0.05) is 6.42 Å². The normalized spacial score (nSPS) is 11.7. The molecule has 1 rings (SSSR count). The summed E-state index contributed by atoms with van der Waals surface area (Å²) in [6.07, 6.45) is 0.221. The number of nitrogens with one attached hydrogen (secondary N) is 1. The van der Waals surface area contributed by atoms with Gasteiger partial charge in [0.25, 0.3) is 0 Å². The highest BCUT2D eigenvalue weighted by molar-refractivity contribution is 5.81. The van der Waals surface area contributed by atoms with E-state index in [1.807, 2.05) is 6.07 Å². The van der Waals surface area contributed by atoms with Gasteiger partial charge in [0.15, 0.2) is 0 Å². The van der Waals surface area contributed by atoms with Crippen molar-refractivity contribution in [1.29, 1.82) is 0 Å². The van der Waals surface area contributed by atoms with E-state index in [-0.39, 0.29) is 6.42 Å². The molecule has 0 unspecified atom stereocenters. The number of aliphatic carboxylic acids is 1. The molecule has 1 aromatic rings. The van der Waals surface area contributed by atoms with Crippen molar-refractivity contribution in [3.8, 4) is 0 Å². The molecule has 0 aromatic heterocycles. The van der Waals surface area contributed by atoms with Crippen molar-refractivity contribution in [2.45, 2.75) is 12.5 Å². The van der Waals surface area contributed by atoms with Crippen LogP contribution in [-0.2, 0) is 11.2 Å². The van der Waals surface area contributed by atoms with E-state index in [1.165, 1.54) is 0 Å². The average molecular weight is 208 g/mol. The summed E-state index contributed by atoms with van der Waals surface area (Å²) in [6, 6.07) is 7.21. The number of carbonyl (C=O) groups excluding carboxylic acids is 1. The summed E-state index contributed by atoms with van der Waals surface area (Å²) in [5.74, 6) is -1.10. The Balaban J connectivity index is 2.67. The number of carboxylic acid groups (broad SMARTS) is 1. The Morgan fingerprint density at radius 1 is 1.33 bits per heavy atom. The number of rotatable bonds is 4. The van der Waals surface area contributed by atoms with E-state index < -0.39 is 18.0 Å². The third-order valence-electron chi connectivity index (χ3n) is 1.90. The minimum absolute atomic E-state index is 0.221. The maximum Gasteiger partial charge on any atom is 0.326 e. The SMILES string of the molecule is NC(=O)N[C@H](Cc1ccccc1)C(=O)O. The molecule has 80 valence electrons. The minimum Gasteiger partial charge on any atom is -0.480 e. The molecule has 0 fully saturated rings. The molecular formula is C10H12N2O3. The first kappa shape index (κ1) is 11.0. The number of carboxylic acids is 1. The molecule has 0 saturated carbocycles.